The summed E-state index contributed by atoms with van der Waals surface area (Å²) in [4.78, 5) is 0.232. The molecule has 17 heavy (non-hydrogen) atoms. The number of sulfonamides is 1. The first-order valence-corrected chi connectivity index (χ1v) is 7.08. The van der Waals surface area contributed by atoms with Crippen LogP contribution in [0.25, 0.3) is 0 Å². The summed E-state index contributed by atoms with van der Waals surface area (Å²) in [7, 11) is -3.48. The zero-order valence-corrected chi connectivity index (χ0v) is 11.1. The molecule has 7 heteroatoms. The second-order valence-corrected chi connectivity index (χ2v) is 6.07. The van der Waals surface area contributed by atoms with E-state index < -0.39 is 10.0 Å². The maximum atomic E-state index is 11.9. The number of rotatable bonds is 4. The van der Waals surface area contributed by atoms with Crippen LogP contribution in [0.4, 0.5) is 0 Å². The van der Waals surface area contributed by atoms with Gasteiger partial charge < -0.3 is 0 Å². The topological polar surface area (TPSA) is 74.8 Å². The number of hydrogen-bond donors (Lipinski definition) is 2. The quantitative estimate of drug-likeness (QED) is 0.901. The van der Waals surface area contributed by atoms with Gasteiger partial charge in [-0.25, -0.2) is 13.1 Å². The van der Waals surface area contributed by atoms with Crippen molar-refractivity contribution in [3.05, 3.63) is 46.7 Å². The lowest BCUT2D eigenvalue weighted by Gasteiger charge is -2.05. The number of nitrogens with one attached hydrogen (secondary N) is 2. The highest BCUT2D eigenvalue weighted by Crippen LogP contribution is 2.16. The van der Waals surface area contributed by atoms with E-state index >= 15 is 0 Å². The normalized spacial score (nSPS) is 11.6. The standard InChI is InChI=1S/C10H10BrN3O2S/c11-9-2-1-3-10(4-9)17(15,16)14-7-8-5-12-13-6-8/h1-6,14H,7H2,(H,12,13). The molecule has 1 aromatic carbocycles. The van der Waals surface area contributed by atoms with Gasteiger partial charge in [0, 0.05) is 22.8 Å². The van der Waals surface area contributed by atoms with Crippen LogP contribution in [0.3, 0.4) is 0 Å². The Labute approximate surface area is 107 Å². The van der Waals surface area contributed by atoms with Gasteiger partial charge in [-0.3, -0.25) is 5.10 Å². The van der Waals surface area contributed by atoms with E-state index in [1.54, 1.807) is 36.7 Å². The minimum atomic E-state index is -3.48. The van der Waals surface area contributed by atoms with E-state index in [4.69, 9.17) is 0 Å². The molecule has 2 aromatic rings. The van der Waals surface area contributed by atoms with E-state index in [0.717, 1.165) is 10.0 Å². The van der Waals surface area contributed by atoms with E-state index in [0.29, 0.717) is 0 Å². The molecular weight excluding hydrogens is 306 g/mol. The van der Waals surface area contributed by atoms with Crippen molar-refractivity contribution in [2.75, 3.05) is 0 Å². The van der Waals surface area contributed by atoms with Gasteiger partial charge in [-0.05, 0) is 18.2 Å². The third kappa shape index (κ3) is 3.15. The molecule has 0 radical (unpaired) electrons. The predicted molar refractivity (Wildman–Crippen MR) is 66.8 cm³/mol. The van der Waals surface area contributed by atoms with Gasteiger partial charge in [0.25, 0.3) is 0 Å². The molecular formula is C10H10BrN3O2S. The average molecular weight is 316 g/mol. The molecule has 1 heterocycles. The van der Waals surface area contributed by atoms with Gasteiger partial charge in [-0.15, -0.1) is 0 Å². The van der Waals surface area contributed by atoms with Gasteiger partial charge in [-0.1, -0.05) is 22.0 Å². The van der Waals surface area contributed by atoms with Crippen LogP contribution in [-0.2, 0) is 16.6 Å². The van der Waals surface area contributed by atoms with Gasteiger partial charge in [0.2, 0.25) is 10.0 Å². The highest BCUT2D eigenvalue weighted by molar-refractivity contribution is 9.10. The lowest BCUT2D eigenvalue weighted by molar-refractivity contribution is 0.581. The summed E-state index contributed by atoms with van der Waals surface area (Å²) in [6, 6.07) is 6.55. The van der Waals surface area contributed by atoms with Crippen molar-refractivity contribution in [3.63, 3.8) is 0 Å². The van der Waals surface area contributed by atoms with Crippen molar-refractivity contribution in [2.24, 2.45) is 0 Å². The van der Waals surface area contributed by atoms with E-state index in [-0.39, 0.29) is 11.4 Å². The maximum absolute atomic E-state index is 11.9. The Morgan fingerprint density at radius 1 is 1.41 bits per heavy atom. The largest absolute Gasteiger partial charge is 0.285 e. The molecule has 0 unspecified atom stereocenters. The smallest absolute Gasteiger partial charge is 0.240 e. The molecule has 0 aliphatic heterocycles. The van der Waals surface area contributed by atoms with Crippen molar-refractivity contribution in [1.82, 2.24) is 14.9 Å². The number of H-pyrrole nitrogens is 1. The van der Waals surface area contributed by atoms with Crippen LogP contribution in [-0.4, -0.2) is 18.6 Å². The Kier molecular flexibility index (Phi) is 3.60. The Bertz CT molecular complexity index is 596. The monoisotopic (exact) mass is 315 g/mol. The fourth-order valence-electron chi connectivity index (χ4n) is 1.27. The molecule has 90 valence electrons. The third-order valence-corrected chi connectivity index (χ3v) is 4.02. The van der Waals surface area contributed by atoms with Crippen molar-refractivity contribution in [2.45, 2.75) is 11.4 Å². The zero-order chi connectivity index (χ0) is 12.3. The van der Waals surface area contributed by atoms with Crippen molar-refractivity contribution >= 4 is 26.0 Å². The molecule has 0 amide bonds. The SMILES string of the molecule is O=S(=O)(NCc1cn[nH]c1)c1cccc(Br)c1. The van der Waals surface area contributed by atoms with Crippen molar-refractivity contribution in [1.29, 1.82) is 0 Å². The fourth-order valence-corrected chi connectivity index (χ4v) is 2.88. The number of aromatic amines is 1. The summed E-state index contributed by atoms with van der Waals surface area (Å²) in [6.45, 7) is 0.214. The van der Waals surface area contributed by atoms with E-state index in [1.165, 1.54) is 0 Å². The maximum Gasteiger partial charge on any atom is 0.240 e. The molecule has 0 bridgehead atoms. The minimum absolute atomic E-state index is 0.214. The van der Waals surface area contributed by atoms with E-state index in [9.17, 15) is 8.42 Å². The second kappa shape index (κ2) is 4.99. The first kappa shape index (κ1) is 12.3. The Hall–Kier alpha value is -1.18. The summed E-state index contributed by atoms with van der Waals surface area (Å²) < 4.78 is 27.1. The molecule has 1 aromatic heterocycles. The highest BCUT2D eigenvalue weighted by atomic mass is 79.9. The lowest BCUT2D eigenvalue weighted by atomic mass is 10.4. The fraction of sp³-hybridized carbons (Fsp3) is 0.100. The summed E-state index contributed by atoms with van der Waals surface area (Å²) in [5, 5.41) is 6.36. The van der Waals surface area contributed by atoms with Crippen LogP contribution in [0.15, 0.2) is 46.0 Å². The number of benzene rings is 1. The van der Waals surface area contributed by atoms with Crippen LogP contribution in [0.1, 0.15) is 5.56 Å². The molecule has 2 rings (SSSR count). The predicted octanol–water partition coefficient (Wildman–Crippen LogP) is 1.65. The number of halogens is 1. The van der Waals surface area contributed by atoms with Gasteiger partial charge in [0.05, 0.1) is 11.1 Å². The molecule has 2 N–H and O–H groups in total. The third-order valence-electron chi connectivity index (χ3n) is 2.13. The van der Waals surface area contributed by atoms with E-state index in [1.807, 2.05) is 0 Å². The van der Waals surface area contributed by atoms with Crippen LogP contribution in [0.5, 0.6) is 0 Å². The summed E-state index contributed by atoms with van der Waals surface area (Å²) in [5.74, 6) is 0. The van der Waals surface area contributed by atoms with Crippen molar-refractivity contribution in [3.8, 4) is 0 Å². The molecule has 0 aliphatic carbocycles. The number of aromatic nitrogens is 2. The molecule has 0 spiro atoms. The van der Waals surface area contributed by atoms with Gasteiger partial charge >= 0.3 is 0 Å². The average Bonchev–Trinajstić information content (AvgIpc) is 2.79. The Morgan fingerprint density at radius 2 is 2.24 bits per heavy atom. The molecule has 0 atom stereocenters. The zero-order valence-electron chi connectivity index (χ0n) is 8.72. The number of hydrogen-bond acceptors (Lipinski definition) is 3. The summed E-state index contributed by atoms with van der Waals surface area (Å²) in [6.07, 6.45) is 3.22. The molecule has 5 nitrogen and oxygen atoms in total. The van der Waals surface area contributed by atoms with Gasteiger partial charge in [0.1, 0.15) is 0 Å². The van der Waals surface area contributed by atoms with E-state index in [2.05, 4.69) is 30.8 Å². The summed E-state index contributed by atoms with van der Waals surface area (Å²) >= 11 is 3.24. The minimum Gasteiger partial charge on any atom is -0.285 e. The van der Waals surface area contributed by atoms with Crippen molar-refractivity contribution < 1.29 is 8.42 Å². The Balaban J connectivity index is 2.14. The highest BCUT2D eigenvalue weighted by Gasteiger charge is 2.13. The lowest BCUT2D eigenvalue weighted by Crippen LogP contribution is -2.22. The first-order chi connectivity index (χ1) is 8.08. The van der Waals surface area contributed by atoms with Crippen LogP contribution in [0.2, 0.25) is 0 Å². The first-order valence-electron chi connectivity index (χ1n) is 4.81. The van der Waals surface area contributed by atoms with Crippen LogP contribution in [0, 0.1) is 0 Å². The van der Waals surface area contributed by atoms with Crippen LogP contribution < -0.4 is 4.72 Å². The Morgan fingerprint density at radius 3 is 2.88 bits per heavy atom. The molecule has 0 saturated carbocycles. The summed E-state index contributed by atoms with van der Waals surface area (Å²) in [5.41, 5.74) is 0.781. The molecule has 0 saturated heterocycles. The van der Waals surface area contributed by atoms with Crippen LogP contribution >= 0.6 is 15.9 Å². The second-order valence-electron chi connectivity index (χ2n) is 3.39. The van der Waals surface area contributed by atoms with Gasteiger partial charge in [0.15, 0.2) is 0 Å². The van der Waals surface area contributed by atoms with Gasteiger partial charge in [-0.2, -0.15) is 5.10 Å². The molecule has 0 fully saturated rings. The molecule has 0 aliphatic rings. The number of nitrogens with zero attached hydrogens (tertiary/aromatic N) is 1.